The number of amides is 3. The lowest BCUT2D eigenvalue weighted by Crippen LogP contribution is -2.57. The molecule has 0 aliphatic heterocycles. The van der Waals surface area contributed by atoms with E-state index in [0.29, 0.717) is 24.1 Å². The third-order valence-electron chi connectivity index (χ3n) is 7.86. The highest BCUT2D eigenvalue weighted by atomic mass is 19.1. The number of urea groups is 1. The van der Waals surface area contributed by atoms with E-state index in [2.05, 4.69) is 16.0 Å². The predicted octanol–water partition coefficient (Wildman–Crippen LogP) is 7.35. The molecule has 0 saturated heterocycles. The van der Waals surface area contributed by atoms with Gasteiger partial charge in [0.25, 0.3) is 5.91 Å². The lowest BCUT2D eigenvalue weighted by molar-refractivity contribution is -0.146. The molecule has 0 spiro atoms. The van der Waals surface area contributed by atoms with Gasteiger partial charge in [0, 0.05) is 11.8 Å². The smallest absolute Gasteiger partial charge is 0.329 e. The molecule has 1 fully saturated rings. The maximum atomic E-state index is 14.0. The van der Waals surface area contributed by atoms with E-state index in [-0.39, 0.29) is 22.7 Å². The van der Waals surface area contributed by atoms with Crippen molar-refractivity contribution in [1.29, 1.82) is 0 Å². The Kier molecular flexibility index (Phi) is 8.75. The van der Waals surface area contributed by atoms with E-state index >= 15 is 0 Å². The minimum Gasteiger partial charge on any atom is -0.480 e. The van der Waals surface area contributed by atoms with Crippen LogP contribution in [0.5, 0.6) is 0 Å². The van der Waals surface area contributed by atoms with Crippen LogP contribution in [0.3, 0.4) is 0 Å². The summed E-state index contributed by atoms with van der Waals surface area (Å²) >= 11 is 0. The van der Waals surface area contributed by atoms with Crippen LogP contribution in [0.2, 0.25) is 0 Å². The molecule has 0 heterocycles. The van der Waals surface area contributed by atoms with Gasteiger partial charge in [0.2, 0.25) is 0 Å². The van der Waals surface area contributed by atoms with Gasteiger partial charge in [0.05, 0.1) is 11.3 Å². The van der Waals surface area contributed by atoms with Crippen LogP contribution in [0.25, 0.3) is 11.1 Å². The van der Waals surface area contributed by atoms with Crippen LogP contribution >= 0.6 is 0 Å². The number of rotatable bonds is 7. The maximum Gasteiger partial charge on any atom is 0.329 e. The number of carboxylic acids is 1. The van der Waals surface area contributed by atoms with E-state index in [4.69, 9.17) is 0 Å². The van der Waals surface area contributed by atoms with Gasteiger partial charge >= 0.3 is 12.0 Å². The zero-order chi connectivity index (χ0) is 29.9. The molecule has 3 aromatic rings. The van der Waals surface area contributed by atoms with E-state index in [9.17, 15) is 28.3 Å². The maximum absolute atomic E-state index is 14.0. The Labute approximate surface area is 238 Å². The first-order chi connectivity index (χ1) is 19.4. The van der Waals surface area contributed by atoms with Crippen LogP contribution in [-0.4, -0.2) is 28.6 Å². The summed E-state index contributed by atoms with van der Waals surface area (Å²) in [6, 6.07) is 10.6. The summed E-state index contributed by atoms with van der Waals surface area (Å²) in [5.74, 6) is -3.62. The predicted molar refractivity (Wildman–Crippen MR) is 155 cm³/mol. The van der Waals surface area contributed by atoms with Crippen molar-refractivity contribution < 1.29 is 28.3 Å². The van der Waals surface area contributed by atoms with Crippen molar-refractivity contribution in [2.75, 3.05) is 10.6 Å². The summed E-state index contributed by atoms with van der Waals surface area (Å²) in [7, 11) is 0. The van der Waals surface area contributed by atoms with E-state index < -0.39 is 35.1 Å². The van der Waals surface area contributed by atoms with E-state index in [1.165, 1.54) is 25.1 Å². The molecule has 0 unspecified atom stereocenters. The number of carbonyl (C=O) groups excluding carboxylic acids is 2. The van der Waals surface area contributed by atoms with Crippen molar-refractivity contribution in [1.82, 2.24) is 5.32 Å². The molecule has 41 heavy (non-hydrogen) atoms. The Morgan fingerprint density at radius 3 is 2.02 bits per heavy atom. The summed E-state index contributed by atoms with van der Waals surface area (Å²) < 4.78 is 28.0. The van der Waals surface area contributed by atoms with Crippen LogP contribution in [-0.2, 0) is 4.79 Å². The van der Waals surface area contributed by atoms with E-state index in [0.717, 1.165) is 54.2 Å². The van der Waals surface area contributed by atoms with Crippen molar-refractivity contribution in [3.63, 3.8) is 0 Å². The van der Waals surface area contributed by atoms with Gasteiger partial charge in [-0.15, -0.1) is 0 Å². The van der Waals surface area contributed by atoms with Gasteiger partial charge in [-0.05, 0) is 93.0 Å². The van der Waals surface area contributed by atoms with Gasteiger partial charge in [-0.1, -0.05) is 43.0 Å². The topological polar surface area (TPSA) is 108 Å². The van der Waals surface area contributed by atoms with E-state index in [1.807, 2.05) is 32.9 Å². The Hall–Kier alpha value is -4.27. The number of halogens is 2. The number of carbonyl (C=O) groups is 3. The van der Waals surface area contributed by atoms with Gasteiger partial charge in [0.1, 0.15) is 17.2 Å². The third-order valence-corrected chi connectivity index (χ3v) is 7.86. The Morgan fingerprint density at radius 2 is 1.44 bits per heavy atom. The van der Waals surface area contributed by atoms with Crippen molar-refractivity contribution in [2.45, 2.75) is 65.3 Å². The molecule has 4 rings (SSSR count). The van der Waals surface area contributed by atoms with Crippen LogP contribution in [0.4, 0.5) is 25.0 Å². The van der Waals surface area contributed by atoms with Gasteiger partial charge in [-0.25, -0.2) is 18.4 Å². The van der Waals surface area contributed by atoms with Crippen LogP contribution in [0, 0.1) is 38.3 Å². The number of anilines is 2. The third kappa shape index (κ3) is 6.73. The molecule has 1 atom stereocenters. The van der Waals surface area contributed by atoms with E-state index in [1.54, 1.807) is 0 Å². The fraction of sp³-hybridized carbons (Fsp3) is 0.344. The molecule has 7 nitrogen and oxygen atoms in total. The second-order valence-corrected chi connectivity index (χ2v) is 11.1. The minimum absolute atomic E-state index is 0.0152. The molecule has 9 heteroatoms. The lowest BCUT2D eigenvalue weighted by atomic mass is 9.75. The zero-order valence-corrected chi connectivity index (χ0v) is 23.7. The number of carboxylic acid groups (broad SMARTS) is 1. The molecule has 216 valence electrons. The number of hydrogen-bond donors (Lipinski definition) is 4. The number of aliphatic carboxylic acids is 1. The zero-order valence-electron chi connectivity index (χ0n) is 23.7. The van der Waals surface area contributed by atoms with Gasteiger partial charge in [-0.3, -0.25) is 4.79 Å². The normalized spacial score (nSPS) is 15.1. The summed E-state index contributed by atoms with van der Waals surface area (Å²) in [6.07, 6.45) is 4.14. The Bertz CT molecular complexity index is 1460. The second kappa shape index (κ2) is 12.1. The summed E-state index contributed by atoms with van der Waals surface area (Å²) in [6.45, 7) is 7.20. The molecule has 4 N–H and O–H groups in total. The van der Waals surface area contributed by atoms with Crippen LogP contribution < -0.4 is 16.0 Å². The van der Waals surface area contributed by atoms with Crippen LogP contribution in [0.1, 0.15) is 66.1 Å². The van der Waals surface area contributed by atoms with Crippen molar-refractivity contribution in [2.24, 2.45) is 5.92 Å². The first-order valence-electron chi connectivity index (χ1n) is 13.7. The summed E-state index contributed by atoms with van der Waals surface area (Å²) in [5.41, 5.74) is 2.47. The van der Waals surface area contributed by atoms with Gasteiger partial charge < -0.3 is 21.1 Å². The SMILES string of the molecule is Cc1cc(C)c(NC(=O)Nc2cc(-c3cc(F)cc(F)c3)ccc2C(=O)N[C@](C)(C(=O)O)C2CCCCC2)c(C)c1. The molecule has 0 aromatic heterocycles. The first-order valence-corrected chi connectivity index (χ1v) is 13.7. The molecular formula is C32H35F2N3O4. The largest absolute Gasteiger partial charge is 0.480 e. The average molecular weight is 564 g/mol. The Balaban J connectivity index is 1.70. The minimum atomic E-state index is -1.52. The average Bonchev–Trinajstić information content (AvgIpc) is 2.90. The highest BCUT2D eigenvalue weighted by Gasteiger charge is 2.43. The van der Waals surface area contributed by atoms with Crippen molar-refractivity contribution in [3.05, 3.63) is 82.4 Å². The number of hydrogen-bond acceptors (Lipinski definition) is 3. The first kappa shape index (κ1) is 29.7. The molecule has 3 aromatic carbocycles. The second-order valence-electron chi connectivity index (χ2n) is 11.1. The summed E-state index contributed by atoms with van der Waals surface area (Å²) in [4.78, 5) is 39.2. The molecule has 1 aliphatic carbocycles. The Morgan fingerprint density at radius 1 is 0.829 bits per heavy atom. The van der Waals surface area contributed by atoms with Crippen molar-refractivity contribution in [3.8, 4) is 11.1 Å². The summed E-state index contributed by atoms with van der Waals surface area (Å²) in [5, 5.41) is 18.3. The molecule has 1 aliphatic rings. The molecule has 0 bridgehead atoms. The number of benzene rings is 3. The monoisotopic (exact) mass is 563 g/mol. The van der Waals surface area contributed by atoms with Crippen molar-refractivity contribution >= 4 is 29.3 Å². The quantitative estimate of drug-likeness (QED) is 0.241. The fourth-order valence-electron chi connectivity index (χ4n) is 5.70. The van der Waals surface area contributed by atoms with Gasteiger partial charge in [-0.2, -0.15) is 0 Å². The number of aryl methyl sites for hydroxylation is 3. The fourth-order valence-corrected chi connectivity index (χ4v) is 5.70. The highest BCUT2D eigenvalue weighted by molar-refractivity contribution is 6.08. The molecule has 3 amide bonds. The highest BCUT2D eigenvalue weighted by Crippen LogP contribution is 2.34. The standard InChI is InChI=1S/C32H35F2N3O4/c1-18-12-19(2)28(20(3)13-18)36-31(41)35-27-16-21(22-14-24(33)17-25(34)15-22)10-11-26(27)29(38)37-32(4,30(39)40)23-8-6-5-7-9-23/h10-17,23H,5-9H2,1-4H3,(H,37,38)(H,39,40)(H2,35,36,41)/t32-/m0/s1. The van der Waals surface area contributed by atoms with Gasteiger partial charge in [0.15, 0.2) is 0 Å². The van der Waals surface area contributed by atoms with Crippen LogP contribution in [0.15, 0.2) is 48.5 Å². The molecule has 1 saturated carbocycles. The number of nitrogens with one attached hydrogen (secondary N) is 3. The lowest BCUT2D eigenvalue weighted by Gasteiger charge is -2.37. The molecule has 0 radical (unpaired) electrons. The molecular weight excluding hydrogens is 528 g/mol.